The van der Waals surface area contributed by atoms with Gasteiger partial charge in [0, 0.05) is 21.0 Å². The van der Waals surface area contributed by atoms with Crippen molar-refractivity contribution in [3.63, 3.8) is 0 Å². The lowest BCUT2D eigenvalue weighted by atomic mass is 10.1. The number of hydrogen-bond acceptors (Lipinski definition) is 4. The normalized spacial score (nSPS) is 12.6. The fourth-order valence-electron chi connectivity index (χ4n) is 2.81. The first-order valence-corrected chi connectivity index (χ1v) is 10.3. The van der Waals surface area contributed by atoms with Gasteiger partial charge in [-0.05, 0) is 49.7 Å². The fourth-order valence-corrected chi connectivity index (χ4v) is 3.35. The van der Waals surface area contributed by atoms with E-state index in [9.17, 15) is 4.79 Å². The molecule has 3 rings (SSSR count). The second kappa shape index (κ2) is 8.88. The SMILES string of the molecule is CCOc1ccc(Cl)cc1C=Nn1c([C@@H](C)CC)nc2ccc(Br)cc2c1=O. The lowest BCUT2D eigenvalue weighted by molar-refractivity contribution is 0.340. The van der Waals surface area contributed by atoms with Crippen molar-refractivity contribution in [2.24, 2.45) is 5.10 Å². The third-order valence-corrected chi connectivity index (χ3v) is 5.20. The zero-order valence-corrected chi connectivity index (χ0v) is 18.3. The van der Waals surface area contributed by atoms with Crippen molar-refractivity contribution in [3.05, 3.63) is 67.6 Å². The van der Waals surface area contributed by atoms with E-state index in [0.29, 0.717) is 39.7 Å². The molecule has 5 nitrogen and oxygen atoms in total. The predicted octanol–water partition coefficient (Wildman–Crippen LogP) is 5.61. The first-order valence-electron chi connectivity index (χ1n) is 9.13. The van der Waals surface area contributed by atoms with Gasteiger partial charge < -0.3 is 4.74 Å². The highest BCUT2D eigenvalue weighted by atomic mass is 79.9. The summed E-state index contributed by atoms with van der Waals surface area (Å²) in [4.78, 5) is 17.9. The first kappa shape index (κ1) is 20.6. The van der Waals surface area contributed by atoms with Gasteiger partial charge in [-0.25, -0.2) is 4.98 Å². The van der Waals surface area contributed by atoms with Crippen LogP contribution in [0.4, 0.5) is 0 Å². The maximum absolute atomic E-state index is 13.2. The monoisotopic (exact) mass is 461 g/mol. The van der Waals surface area contributed by atoms with Gasteiger partial charge in [-0.1, -0.05) is 41.4 Å². The van der Waals surface area contributed by atoms with E-state index in [0.717, 1.165) is 10.9 Å². The Kier molecular flexibility index (Phi) is 6.52. The van der Waals surface area contributed by atoms with Crippen molar-refractivity contribution in [2.75, 3.05) is 6.61 Å². The summed E-state index contributed by atoms with van der Waals surface area (Å²) < 4.78 is 7.83. The molecule has 1 atom stereocenters. The standard InChI is InChI=1S/C21H21BrClN3O2/c1-4-13(3)20-25-18-8-6-15(22)11-17(18)21(27)26(20)24-12-14-10-16(23)7-9-19(14)28-5-2/h6-13H,4-5H2,1-3H3/t13-/m0/s1. The number of benzene rings is 2. The van der Waals surface area contributed by atoms with Crippen molar-refractivity contribution in [3.8, 4) is 5.75 Å². The minimum atomic E-state index is -0.210. The summed E-state index contributed by atoms with van der Waals surface area (Å²) >= 11 is 9.54. The predicted molar refractivity (Wildman–Crippen MR) is 118 cm³/mol. The van der Waals surface area contributed by atoms with Crippen LogP contribution < -0.4 is 10.3 Å². The zero-order chi connectivity index (χ0) is 20.3. The molecule has 0 N–H and O–H groups in total. The van der Waals surface area contributed by atoms with Crippen molar-refractivity contribution < 1.29 is 4.74 Å². The number of rotatable bonds is 6. The Morgan fingerprint density at radius 1 is 1.29 bits per heavy atom. The molecule has 28 heavy (non-hydrogen) atoms. The second-order valence-corrected chi connectivity index (χ2v) is 7.77. The molecule has 1 heterocycles. The number of fused-ring (bicyclic) bond motifs is 1. The molecule has 0 bridgehead atoms. The average molecular weight is 463 g/mol. The summed E-state index contributed by atoms with van der Waals surface area (Å²) in [5.41, 5.74) is 1.15. The van der Waals surface area contributed by atoms with Gasteiger partial charge in [0.1, 0.15) is 11.6 Å². The van der Waals surface area contributed by atoms with Crippen LogP contribution in [0.15, 0.2) is 50.8 Å². The van der Waals surface area contributed by atoms with Crippen molar-refractivity contribution in [2.45, 2.75) is 33.1 Å². The minimum absolute atomic E-state index is 0.0728. The van der Waals surface area contributed by atoms with Gasteiger partial charge in [-0.3, -0.25) is 4.79 Å². The van der Waals surface area contributed by atoms with E-state index < -0.39 is 0 Å². The molecule has 3 aromatic rings. The molecule has 0 saturated carbocycles. The molecule has 0 aliphatic rings. The summed E-state index contributed by atoms with van der Waals surface area (Å²) in [5, 5.41) is 5.55. The molecule has 0 aliphatic heterocycles. The fraction of sp³-hybridized carbons (Fsp3) is 0.286. The molecule has 2 aromatic carbocycles. The molecule has 0 amide bonds. The third-order valence-electron chi connectivity index (χ3n) is 4.47. The lowest BCUT2D eigenvalue weighted by Crippen LogP contribution is -2.23. The minimum Gasteiger partial charge on any atom is -0.493 e. The van der Waals surface area contributed by atoms with E-state index in [2.05, 4.69) is 28.0 Å². The van der Waals surface area contributed by atoms with Crippen LogP contribution in [0, 0.1) is 0 Å². The van der Waals surface area contributed by atoms with Gasteiger partial charge >= 0.3 is 0 Å². The molecule has 0 fully saturated rings. The van der Waals surface area contributed by atoms with Crippen LogP contribution in [-0.2, 0) is 0 Å². The van der Waals surface area contributed by atoms with E-state index in [-0.39, 0.29) is 11.5 Å². The van der Waals surface area contributed by atoms with Crippen LogP contribution in [0.25, 0.3) is 10.9 Å². The van der Waals surface area contributed by atoms with Crippen LogP contribution in [-0.4, -0.2) is 22.5 Å². The van der Waals surface area contributed by atoms with E-state index in [1.165, 1.54) is 4.68 Å². The molecule has 0 unspecified atom stereocenters. The molecule has 0 radical (unpaired) electrons. The summed E-state index contributed by atoms with van der Waals surface area (Å²) in [5.74, 6) is 1.35. The highest BCUT2D eigenvalue weighted by molar-refractivity contribution is 9.10. The number of ether oxygens (including phenoxy) is 1. The lowest BCUT2D eigenvalue weighted by Gasteiger charge is -2.14. The Morgan fingerprint density at radius 2 is 2.07 bits per heavy atom. The molecular weight excluding hydrogens is 442 g/mol. The quantitative estimate of drug-likeness (QED) is 0.448. The highest BCUT2D eigenvalue weighted by Gasteiger charge is 2.15. The summed E-state index contributed by atoms with van der Waals surface area (Å²) in [6.45, 7) is 6.52. The van der Waals surface area contributed by atoms with Gasteiger partial charge in [0.2, 0.25) is 0 Å². The smallest absolute Gasteiger partial charge is 0.282 e. The molecule has 1 aromatic heterocycles. The molecule has 0 aliphatic carbocycles. The molecular formula is C21H21BrClN3O2. The summed E-state index contributed by atoms with van der Waals surface area (Å²) in [6.07, 6.45) is 2.43. The highest BCUT2D eigenvalue weighted by Crippen LogP contribution is 2.23. The maximum atomic E-state index is 13.2. The van der Waals surface area contributed by atoms with Gasteiger partial charge in [-0.15, -0.1) is 0 Å². The number of halogens is 2. The zero-order valence-electron chi connectivity index (χ0n) is 15.9. The summed E-state index contributed by atoms with van der Waals surface area (Å²) in [7, 11) is 0. The number of hydrogen-bond donors (Lipinski definition) is 0. The van der Waals surface area contributed by atoms with Crippen molar-refractivity contribution in [1.82, 2.24) is 9.66 Å². The molecule has 146 valence electrons. The largest absolute Gasteiger partial charge is 0.493 e. The Morgan fingerprint density at radius 3 is 2.79 bits per heavy atom. The molecule has 0 saturated heterocycles. The Labute approximate surface area is 177 Å². The Balaban J connectivity index is 2.19. The molecule has 0 spiro atoms. The number of nitrogens with zero attached hydrogens (tertiary/aromatic N) is 3. The van der Waals surface area contributed by atoms with Gasteiger partial charge in [0.05, 0.1) is 23.7 Å². The van der Waals surface area contributed by atoms with Gasteiger partial charge in [-0.2, -0.15) is 9.78 Å². The van der Waals surface area contributed by atoms with Gasteiger partial charge in [0.25, 0.3) is 5.56 Å². The van der Waals surface area contributed by atoms with E-state index in [4.69, 9.17) is 21.3 Å². The number of aromatic nitrogens is 2. The third kappa shape index (κ3) is 4.28. The second-order valence-electron chi connectivity index (χ2n) is 6.42. The van der Waals surface area contributed by atoms with E-state index >= 15 is 0 Å². The first-order chi connectivity index (χ1) is 13.4. The van der Waals surface area contributed by atoms with E-state index in [1.54, 1.807) is 30.5 Å². The van der Waals surface area contributed by atoms with Crippen molar-refractivity contribution >= 4 is 44.6 Å². The van der Waals surface area contributed by atoms with Crippen LogP contribution >= 0.6 is 27.5 Å². The Hall–Kier alpha value is -2.18. The van der Waals surface area contributed by atoms with Crippen LogP contribution in [0.1, 0.15) is 44.5 Å². The van der Waals surface area contributed by atoms with Crippen LogP contribution in [0.3, 0.4) is 0 Å². The Bertz CT molecular complexity index is 1090. The average Bonchev–Trinajstić information content (AvgIpc) is 2.69. The van der Waals surface area contributed by atoms with Crippen LogP contribution in [0.2, 0.25) is 5.02 Å². The maximum Gasteiger partial charge on any atom is 0.282 e. The summed E-state index contributed by atoms with van der Waals surface area (Å²) in [6, 6.07) is 10.8. The van der Waals surface area contributed by atoms with E-state index in [1.807, 2.05) is 26.0 Å². The van der Waals surface area contributed by atoms with Gasteiger partial charge in [0.15, 0.2) is 0 Å². The van der Waals surface area contributed by atoms with Crippen molar-refractivity contribution in [1.29, 1.82) is 0 Å². The molecule has 7 heteroatoms. The topological polar surface area (TPSA) is 56.5 Å². The van der Waals surface area contributed by atoms with Crippen LogP contribution in [0.5, 0.6) is 5.75 Å².